The molecule has 0 fully saturated rings. The molecule has 0 amide bonds. The number of thiophene rings is 1. The topological polar surface area (TPSA) is 35.2 Å². The van der Waals surface area contributed by atoms with Crippen LogP contribution < -0.4 is 10.5 Å². The number of nitrogens with two attached hydrogens (primary N) is 1. The SMILES string of the molecule is COc1sc2ccc(N)cc2c1SC. The first-order chi connectivity index (χ1) is 6.76. The lowest BCUT2D eigenvalue weighted by molar-refractivity contribution is 0.419. The summed E-state index contributed by atoms with van der Waals surface area (Å²) in [5.41, 5.74) is 6.55. The molecule has 0 atom stereocenters. The van der Waals surface area contributed by atoms with Crippen molar-refractivity contribution >= 4 is 38.9 Å². The van der Waals surface area contributed by atoms with Crippen LogP contribution in [0.1, 0.15) is 0 Å². The summed E-state index contributed by atoms with van der Waals surface area (Å²) in [4.78, 5) is 1.18. The molecule has 2 aromatic rings. The van der Waals surface area contributed by atoms with Crippen LogP contribution in [0.5, 0.6) is 5.06 Å². The van der Waals surface area contributed by atoms with E-state index in [1.165, 1.54) is 15.0 Å². The molecule has 2 nitrogen and oxygen atoms in total. The molecule has 0 aliphatic carbocycles. The second kappa shape index (κ2) is 3.71. The molecule has 2 rings (SSSR count). The first-order valence-electron chi connectivity index (χ1n) is 4.16. The maximum Gasteiger partial charge on any atom is 0.188 e. The molecule has 0 aliphatic rings. The number of rotatable bonds is 2. The highest BCUT2D eigenvalue weighted by atomic mass is 32.2. The summed E-state index contributed by atoms with van der Waals surface area (Å²) < 4.78 is 6.54. The molecule has 74 valence electrons. The first-order valence-corrected chi connectivity index (χ1v) is 6.20. The van der Waals surface area contributed by atoms with E-state index in [1.807, 2.05) is 24.5 Å². The average molecular weight is 225 g/mol. The van der Waals surface area contributed by atoms with E-state index in [4.69, 9.17) is 10.5 Å². The van der Waals surface area contributed by atoms with Crippen LogP contribution in [0, 0.1) is 0 Å². The van der Waals surface area contributed by atoms with E-state index in [-0.39, 0.29) is 0 Å². The minimum atomic E-state index is 0.799. The summed E-state index contributed by atoms with van der Waals surface area (Å²) in [7, 11) is 1.70. The fourth-order valence-electron chi connectivity index (χ4n) is 1.40. The Morgan fingerprint density at radius 1 is 1.43 bits per heavy atom. The van der Waals surface area contributed by atoms with E-state index < -0.39 is 0 Å². The van der Waals surface area contributed by atoms with Crippen LogP contribution in [0.25, 0.3) is 10.1 Å². The van der Waals surface area contributed by atoms with E-state index in [0.717, 1.165) is 10.8 Å². The van der Waals surface area contributed by atoms with Gasteiger partial charge in [-0.3, -0.25) is 0 Å². The van der Waals surface area contributed by atoms with Gasteiger partial charge in [0.15, 0.2) is 5.06 Å². The van der Waals surface area contributed by atoms with E-state index in [2.05, 4.69) is 0 Å². The molecule has 4 heteroatoms. The predicted octanol–water partition coefficient (Wildman–Crippen LogP) is 3.21. The van der Waals surface area contributed by atoms with Crippen LogP contribution in [-0.2, 0) is 0 Å². The number of methoxy groups -OCH3 is 1. The fourth-order valence-corrected chi connectivity index (χ4v) is 3.37. The molecule has 2 N–H and O–H groups in total. The Balaban J connectivity index is 2.74. The highest BCUT2D eigenvalue weighted by Gasteiger charge is 2.11. The molecular formula is C10H11NOS2. The van der Waals surface area contributed by atoms with Gasteiger partial charge < -0.3 is 10.5 Å². The van der Waals surface area contributed by atoms with Crippen molar-refractivity contribution in [1.82, 2.24) is 0 Å². The smallest absolute Gasteiger partial charge is 0.188 e. The quantitative estimate of drug-likeness (QED) is 0.629. The number of fused-ring (bicyclic) bond motifs is 1. The lowest BCUT2D eigenvalue weighted by atomic mass is 10.2. The number of ether oxygens (including phenoxy) is 1. The van der Waals surface area contributed by atoms with Gasteiger partial charge in [0, 0.05) is 15.8 Å². The highest BCUT2D eigenvalue weighted by Crippen LogP contribution is 2.43. The Hall–Kier alpha value is -0.870. The molecular weight excluding hydrogens is 214 g/mol. The van der Waals surface area contributed by atoms with Crippen molar-refractivity contribution in [3.8, 4) is 5.06 Å². The Labute approximate surface area is 91.1 Å². The van der Waals surface area contributed by atoms with Gasteiger partial charge in [-0.1, -0.05) is 11.3 Å². The van der Waals surface area contributed by atoms with Crippen molar-refractivity contribution in [2.24, 2.45) is 0 Å². The van der Waals surface area contributed by atoms with Crippen LogP contribution in [0.15, 0.2) is 23.1 Å². The number of hydrogen-bond donors (Lipinski definition) is 1. The van der Waals surface area contributed by atoms with Crippen LogP contribution in [0.2, 0.25) is 0 Å². The third-order valence-electron chi connectivity index (χ3n) is 2.03. The van der Waals surface area contributed by atoms with Crippen LogP contribution in [-0.4, -0.2) is 13.4 Å². The summed E-state index contributed by atoms with van der Waals surface area (Å²) in [5.74, 6) is 0. The Kier molecular flexibility index (Phi) is 2.56. The number of benzene rings is 1. The van der Waals surface area contributed by atoms with E-state index in [1.54, 1.807) is 30.2 Å². The molecule has 0 bridgehead atoms. The minimum Gasteiger partial charge on any atom is -0.486 e. The maximum atomic E-state index is 5.75. The molecule has 0 unspecified atom stereocenters. The summed E-state index contributed by atoms with van der Waals surface area (Å²) in [6, 6.07) is 5.96. The van der Waals surface area contributed by atoms with Crippen LogP contribution in [0.4, 0.5) is 5.69 Å². The van der Waals surface area contributed by atoms with Gasteiger partial charge in [0.05, 0.1) is 12.0 Å². The average Bonchev–Trinajstić information content (AvgIpc) is 2.54. The number of nitrogen functional groups attached to an aromatic ring is 1. The molecule has 0 saturated carbocycles. The van der Waals surface area contributed by atoms with Gasteiger partial charge >= 0.3 is 0 Å². The van der Waals surface area contributed by atoms with Gasteiger partial charge in [-0.2, -0.15) is 0 Å². The second-order valence-corrected chi connectivity index (χ2v) is 4.71. The van der Waals surface area contributed by atoms with Gasteiger partial charge in [0.1, 0.15) is 0 Å². The van der Waals surface area contributed by atoms with Crippen molar-refractivity contribution in [3.05, 3.63) is 18.2 Å². The summed E-state index contributed by atoms with van der Waals surface area (Å²) in [6.45, 7) is 0. The molecule has 0 aliphatic heterocycles. The van der Waals surface area contributed by atoms with E-state index >= 15 is 0 Å². The molecule has 14 heavy (non-hydrogen) atoms. The molecule has 1 aromatic carbocycles. The standard InChI is InChI=1S/C10H11NOS2/c1-12-10-9(13-2)7-5-6(11)3-4-8(7)14-10/h3-5H,11H2,1-2H3. The number of anilines is 1. The maximum absolute atomic E-state index is 5.75. The first kappa shape index (κ1) is 9.68. The van der Waals surface area contributed by atoms with E-state index in [9.17, 15) is 0 Å². The Bertz CT molecular complexity index is 464. The zero-order chi connectivity index (χ0) is 10.1. The summed E-state index contributed by atoms with van der Waals surface area (Å²) >= 11 is 3.35. The predicted molar refractivity (Wildman–Crippen MR) is 64.6 cm³/mol. The van der Waals surface area contributed by atoms with Gasteiger partial charge in [0.25, 0.3) is 0 Å². The Morgan fingerprint density at radius 3 is 2.86 bits per heavy atom. The summed E-state index contributed by atoms with van der Waals surface area (Å²) in [5, 5.41) is 2.16. The molecule has 0 radical (unpaired) electrons. The molecule has 1 heterocycles. The minimum absolute atomic E-state index is 0.799. The van der Waals surface area contributed by atoms with Gasteiger partial charge in [0.2, 0.25) is 0 Å². The van der Waals surface area contributed by atoms with Crippen molar-refractivity contribution < 1.29 is 4.74 Å². The third-order valence-corrected chi connectivity index (χ3v) is 4.10. The lowest BCUT2D eigenvalue weighted by Gasteiger charge is -1.98. The third kappa shape index (κ3) is 1.44. The molecule has 1 aromatic heterocycles. The Morgan fingerprint density at radius 2 is 2.21 bits per heavy atom. The van der Waals surface area contributed by atoms with Gasteiger partial charge in [-0.15, -0.1) is 11.8 Å². The van der Waals surface area contributed by atoms with E-state index in [0.29, 0.717) is 0 Å². The van der Waals surface area contributed by atoms with Crippen molar-refractivity contribution in [1.29, 1.82) is 0 Å². The normalized spacial score (nSPS) is 10.7. The van der Waals surface area contributed by atoms with Gasteiger partial charge in [-0.25, -0.2) is 0 Å². The largest absolute Gasteiger partial charge is 0.486 e. The van der Waals surface area contributed by atoms with Crippen molar-refractivity contribution in [3.63, 3.8) is 0 Å². The molecule has 0 saturated heterocycles. The van der Waals surface area contributed by atoms with Crippen LogP contribution >= 0.6 is 23.1 Å². The second-order valence-electron chi connectivity index (χ2n) is 2.88. The zero-order valence-corrected chi connectivity index (χ0v) is 9.67. The molecule has 0 spiro atoms. The lowest BCUT2D eigenvalue weighted by Crippen LogP contribution is -1.82. The van der Waals surface area contributed by atoms with Crippen molar-refractivity contribution in [2.45, 2.75) is 4.90 Å². The highest BCUT2D eigenvalue weighted by molar-refractivity contribution is 7.99. The summed E-state index contributed by atoms with van der Waals surface area (Å²) in [6.07, 6.45) is 2.05. The number of thioether (sulfide) groups is 1. The van der Waals surface area contributed by atoms with Crippen molar-refractivity contribution in [2.75, 3.05) is 19.1 Å². The van der Waals surface area contributed by atoms with Gasteiger partial charge in [-0.05, 0) is 24.5 Å². The zero-order valence-electron chi connectivity index (χ0n) is 8.03. The monoisotopic (exact) mass is 225 g/mol. The van der Waals surface area contributed by atoms with Crippen LogP contribution in [0.3, 0.4) is 0 Å². The number of hydrogen-bond acceptors (Lipinski definition) is 4. The fraction of sp³-hybridized carbons (Fsp3) is 0.200.